The average molecular weight is 510 g/mol. The minimum Gasteiger partial charge on any atom is -0.465 e. The lowest BCUT2D eigenvalue weighted by Gasteiger charge is -2.64. The van der Waals surface area contributed by atoms with Crippen LogP contribution in [0.3, 0.4) is 0 Å². The normalized spacial score (nSPS) is 32.6. The zero-order valence-corrected chi connectivity index (χ0v) is 21.6. The third kappa shape index (κ3) is 4.09. The van der Waals surface area contributed by atoms with Gasteiger partial charge in [0.2, 0.25) is 0 Å². The summed E-state index contributed by atoms with van der Waals surface area (Å²) in [4.78, 5) is 25.8. The van der Waals surface area contributed by atoms with Crippen molar-refractivity contribution in [3.8, 4) is 0 Å². The van der Waals surface area contributed by atoms with Gasteiger partial charge < -0.3 is 33.8 Å². The third-order valence-corrected chi connectivity index (χ3v) is 9.63. The number of hydrogen-bond acceptors (Lipinski definition) is 6. The average Bonchev–Trinajstić information content (AvgIpc) is 3.58. The van der Waals surface area contributed by atoms with Gasteiger partial charge in [0.1, 0.15) is 12.2 Å². The van der Waals surface area contributed by atoms with Crippen molar-refractivity contribution in [3.63, 3.8) is 0 Å². The number of amides is 2. The molecule has 3 saturated carbocycles. The maximum Gasteiger partial charge on any atom is 0.482 e. The van der Waals surface area contributed by atoms with Crippen LogP contribution in [0.15, 0.2) is 34.9 Å². The number of carbonyl (C=O) groups is 2. The van der Waals surface area contributed by atoms with Gasteiger partial charge in [-0.25, -0.2) is 9.59 Å². The lowest BCUT2D eigenvalue weighted by Crippen LogP contribution is -2.65. The van der Waals surface area contributed by atoms with E-state index in [9.17, 15) is 14.7 Å². The second kappa shape index (κ2) is 8.94. The molecule has 198 valence electrons. The van der Waals surface area contributed by atoms with E-state index in [1.54, 1.807) is 6.26 Å². The van der Waals surface area contributed by atoms with E-state index in [4.69, 9.17) is 18.5 Å². The van der Waals surface area contributed by atoms with Gasteiger partial charge in [-0.05, 0) is 67.9 Å². The highest BCUT2D eigenvalue weighted by molar-refractivity contribution is 6.48. The number of carboxylic acid groups (broad SMARTS) is 1. The SMILES string of the molecule is CC1(C)[C@@H]2C[C@H]3OB(C(Cc4coc5ccccc45)NC(=O)OC[C@H]4CCCN4C(=O)O)O[C@@]3(C)[C@H]1C2. The molecule has 2 bridgehead atoms. The van der Waals surface area contributed by atoms with Crippen molar-refractivity contribution in [2.24, 2.45) is 17.3 Å². The molecular formula is C27H35BN2O7. The quantitative estimate of drug-likeness (QED) is 0.552. The van der Waals surface area contributed by atoms with Crippen molar-refractivity contribution >= 4 is 30.3 Å². The summed E-state index contributed by atoms with van der Waals surface area (Å²) < 4.78 is 24.4. The maximum atomic E-state index is 13.0. The minimum absolute atomic E-state index is 0.0155. The molecule has 0 radical (unpaired) electrons. The zero-order chi connectivity index (χ0) is 25.9. The summed E-state index contributed by atoms with van der Waals surface area (Å²) in [6.07, 6.45) is 4.10. The molecule has 5 aliphatic rings. The summed E-state index contributed by atoms with van der Waals surface area (Å²) >= 11 is 0. The Balaban J connectivity index is 1.19. The van der Waals surface area contributed by atoms with Crippen molar-refractivity contribution in [3.05, 3.63) is 36.1 Å². The second-order valence-corrected chi connectivity index (χ2v) is 11.9. The molecule has 6 atom stereocenters. The molecule has 1 aromatic carbocycles. The number of alkyl carbamates (subject to hydrolysis) is 1. The minimum atomic E-state index is -0.985. The summed E-state index contributed by atoms with van der Waals surface area (Å²) in [5, 5.41) is 13.4. The van der Waals surface area contributed by atoms with Crippen molar-refractivity contribution in [1.82, 2.24) is 10.2 Å². The van der Waals surface area contributed by atoms with E-state index in [1.165, 1.54) is 4.90 Å². The number of fused-ring (bicyclic) bond motifs is 1. The summed E-state index contributed by atoms with van der Waals surface area (Å²) in [5.41, 5.74) is 1.54. The van der Waals surface area contributed by atoms with E-state index in [1.807, 2.05) is 24.3 Å². The fourth-order valence-electron chi connectivity index (χ4n) is 7.34. The topological polar surface area (TPSA) is 110 Å². The lowest BCUT2D eigenvalue weighted by molar-refractivity contribution is -0.199. The third-order valence-electron chi connectivity index (χ3n) is 9.63. The summed E-state index contributed by atoms with van der Waals surface area (Å²) in [7, 11) is -0.631. The molecule has 1 aromatic heterocycles. The van der Waals surface area contributed by atoms with Gasteiger partial charge in [0.25, 0.3) is 0 Å². The Labute approximate surface area is 216 Å². The van der Waals surface area contributed by atoms with Crippen molar-refractivity contribution < 1.29 is 33.2 Å². The molecule has 9 nitrogen and oxygen atoms in total. The number of para-hydroxylation sites is 1. The van der Waals surface area contributed by atoms with Crippen LogP contribution in [-0.4, -0.2) is 66.2 Å². The molecular weight excluding hydrogens is 475 g/mol. The Morgan fingerprint density at radius 2 is 2.08 bits per heavy atom. The van der Waals surface area contributed by atoms with Gasteiger partial charge in [0.15, 0.2) is 0 Å². The van der Waals surface area contributed by atoms with Gasteiger partial charge in [-0.3, -0.25) is 0 Å². The highest BCUT2D eigenvalue weighted by atomic mass is 16.7. The summed E-state index contributed by atoms with van der Waals surface area (Å²) in [6.45, 7) is 7.27. The molecule has 1 unspecified atom stereocenters. The van der Waals surface area contributed by atoms with Crippen LogP contribution in [0, 0.1) is 17.3 Å². The van der Waals surface area contributed by atoms with Gasteiger partial charge >= 0.3 is 19.3 Å². The Morgan fingerprint density at radius 1 is 1.27 bits per heavy atom. The number of hydrogen-bond donors (Lipinski definition) is 2. The van der Waals surface area contributed by atoms with Crippen LogP contribution in [0.5, 0.6) is 0 Å². The van der Waals surface area contributed by atoms with E-state index < -0.39 is 30.8 Å². The van der Waals surface area contributed by atoms with Crippen LogP contribution < -0.4 is 5.32 Å². The molecule has 3 aliphatic carbocycles. The Hall–Kier alpha value is -2.72. The first-order valence-electron chi connectivity index (χ1n) is 13.4. The molecule has 5 fully saturated rings. The first-order valence-corrected chi connectivity index (χ1v) is 13.4. The highest BCUT2D eigenvalue weighted by Gasteiger charge is 2.68. The first-order chi connectivity index (χ1) is 17.7. The van der Waals surface area contributed by atoms with Gasteiger partial charge in [-0.2, -0.15) is 0 Å². The summed E-state index contributed by atoms with van der Waals surface area (Å²) in [5.74, 6) is 0.520. The van der Waals surface area contributed by atoms with Crippen molar-refractivity contribution in [2.45, 2.75) is 76.6 Å². The lowest BCUT2D eigenvalue weighted by atomic mass is 9.43. The molecule has 7 rings (SSSR count). The molecule has 2 amide bonds. The van der Waals surface area contributed by atoms with Gasteiger partial charge in [0.05, 0.1) is 30.0 Å². The molecule has 0 spiro atoms. The zero-order valence-electron chi connectivity index (χ0n) is 21.6. The maximum absolute atomic E-state index is 13.0. The summed E-state index contributed by atoms with van der Waals surface area (Å²) in [6, 6.07) is 7.47. The molecule has 2 aliphatic heterocycles. The first kappa shape index (κ1) is 24.6. The highest BCUT2D eigenvalue weighted by Crippen LogP contribution is 2.65. The number of rotatable bonds is 6. The Morgan fingerprint density at radius 3 is 2.86 bits per heavy atom. The van der Waals surface area contributed by atoms with Crippen LogP contribution in [-0.2, 0) is 20.5 Å². The molecule has 2 saturated heterocycles. The van der Waals surface area contributed by atoms with Crippen LogP contribution in [0.4, 0.5) is 9.59 Å². The van der Waals surface area contributed by atoms with E-state index >= 15 is 0 Å². The second-order valence-electron chi connectivity index (χ2n) is 11.9. The Bertz CT molecular complexity index is 1200. The van der Waals surface area contributed by atoms with Crippen LogP contribution in [0.2, 0.25) is 0 Å². The largest absolute Gasteiger partial charge is 0.482 e. The molecule has 2 aromatic rings. The molecule has 37 heavy (non-hydrogen) atoms. The molecule has 10 heteroatoms. The smallest absolute Gasteiger partial charge is 0.465 e. The predicted octanol–water partition coefficient (Wildman–Crippen LogP) is 4.48. The number of furan rings is 1. The van der Waals surface area contributed by atoms with E-state index in [0.717, 1.165) is 35.8 Å². The molecule has 3 heterocycles. The number of carbonyl (C=O) groups excluding carboxylic acids is 1. The van der Waals surface area contributed by atoms with Gasteiger partial charge in [-0.1, -0.05) is 32.0 Å². The van der Waals surface area contributed by atoms with Crippen molar-refractivity contribution in [2.75, 3.05) is 13.2 Å². The van der Waals surface area contributed by atoms with E-state index in [2.05, 4.69) is 26.1 Å². The number of benzene rings is 1. The number of ether oxygens (including phenoxy) is 1. The van der Waals surface area contributed by atoms with Gasteiger partial charge in [-0.15, -0.1) is 0 Å². The van der Waals surface area contributed by atoms with Crippen LogP contribution in [0.1, 0.15) is 52.0 Å². The standard InChI is InChI=1S/C27H35BN2O7/c1-26(2)17-12-21(26)27(3)22(13-17)36-28(37-27)23(11-16-14-34-20-9-5-4-8-19(16)20)29-24(31)35-15-18-7-6-10-30(18)25(32)33/h4-5,8-9,14,17-18,21-23H,6-7,10-13,15H2,1-3H3,(H,29,31)(H,32,33)/t17-,18+,21-,22+,23?,27-/m0/s1. The van der Waals surface area contributed by atoms with Crippen LogP contribution in [0.25, 0.3) is 11.0 Å². The fourth-order valence-corrected chi connectivity index (χ4v) is 7.34. The van der Waals surface area contributed by atoms with E-state index in [-0.39, 0.29) is 24.2 Å². The van der Waals surface area contributed by atoms with E-state index in [0.29, 0.717) is 31.2 Å². The predicted molar refractivity (Wildman–Crippen MR) is 136 cm³/mol. The van der Waals surface area contributed by atoms with Crippen LogP contribution >= 0.6 is 0 Å². The fraction of sp³-hybridized carbons (Fsp3) is 0.630. The number of likely N-dealkylation sites (tertiary alicyclic amines) is 1. The van der Waals surface area contributed by atoms with Gasteiger partial charge in [0, 0.05) is 11.9 Å². The molecule has 2 N–H and O–H groups in total. The number of nitrogens with one attached hydrogen (secondary N) is 1. The number of nitrogens with zero attached hydrogens (tertiary/aromatic N) is 1. The Kier molecular flexibility index (Phi) is 5.95. The monoisotopic (exact) mass is 510 g/mol. The van der Waals surface area contributed by atoms with Crippen molar-refractivity contribution in [1.29, 1.82) is 0 Å².